The van der Waals surface area contributed by atoms with Gasteiger partial charge in [-0.15, -0.1) is 0 Å². The molecule has 2 atom stereocenters. The normalized spacial score (nSPS) is 26.9. The molecule has 1 fully saturated rings. The summed E-state index contributed by atoms with van der Waals surface area (Å²) in [6.07, 6.45) is 6.29. The molecule has 19 heavy (non-hydrogen) atoms. The monoisotopic (exact) mass is 257 g/mol. The van der Waals surface area contributed by atoms with E-state index < -0.39 is 0 Å². The van der Waals surface area contributed by atoms with E-state index in [0.717, 1.165) is 31.1 Å². The van der Waals surface area contributed by atoms with Gasteiger partial charge in [0.1, 0.15) is 17.8 Å². The number of hydrogen-bond donors (Lipinski definition) is 2. The third kappa shape index (κ3) is 1.64. The average molecular weight is 257 g/mol. The predicted molar refractivity (Wildman–Crippen MR) is 75.5 cm³/mol. The van der Waals surface area contributed by atoms with Crippen molar-refractivity contribution in [2.75, 3.05) is 24.5 Å². The lowest BCUT2D eigenvalue weighted by Gasteiger charge is -2.39. The summed E-state index contributed by atoms with van der Waals surface area (Å²) in [4.78, 5) is 14.7. The summed E-state index contributed by atoms with van der Waals surface area (Å²) in [5.41, 5.74) is 2.34. The van der Waals surface area contributed by atoms with Gasteiger partial charge in [-0.1, -0.05) is 6.92 Å². The topological polar surface area (TPSA) is 56.8 Å². The van der Waals surface area contributed by atoms with Gasteiger partial charge in [-0.3, -0.25) is 0 Å². The number of piperidine rings is 1. The van der Waals surface area contributed by atoms with Crippen LogP contribution in [0.2, 0.25) is 0 Å². The molecule has 5 nitrogen and oxygen atoms in total. The summed E-state index contributed by atoms with van der Waals surface area (Å²) in [6.45, 7) is 5.57. The molecule has 0 saturated carbocycles. The lowest BCUT2D eigenvalue weighted by molar-refractivity contribution is 0.422. The summed E-state index contributed by atoms with van der Waals surface area (Å²) in [6, 6.07) is 0.567. The van der Waals surface area contributed by atoms with E-state index >= 15 is 0 Å². The molecule has 0 spiro atoms. The Morgan fingerprint density at radius 1 is 1.37 bits per heavy atom. The number of aromatic amines is 1. The first-order valence-corrected chi connectivity index (χ1v) is 7.14. The number of rotatable bonds is 1. The van der Waals surface area contributed by atoms with Crippen molar-refractivity contribution in [2.24, 2.45) is 0 Å². The second-order valence-electron chi connectivity index (χ2n) is 5.72. The Balaban J connectivity index is 1.83. The standard InChI is InChI=1S/C14H19N5/c1-9-7-19(10-3-2-4-15-5-10)14-12-11(9)6-16-13(12)17-8-18-14/h6,8-10,15H,2-5,7H2,1H3,(H,16,17,18)/t9?,10-/m1/s1. The highest BCUT2D eigenvalue weighted by atomic mass is 15.2. The van der Waals surface area contributed by atoms with Crippen molar-refractivity contribution in [1.29, 1.82) is 0 Å². The lowest BCUT2D eigenvalue weighted by atomic mass is 9.94. The van der Waals surface area contributed by atoms with E-state index in [4.69, 9.17) is 0 Å². The molecule has 0 aromatic carbocycles. The Labute approximate surface area is 112 Å². The van der Waals surface area contributed by atoms with Crippen LogP contribution in [-0.4, -0.2) is 40.6 Å². The van der Waals surface area contributed by atoms with E-state index in [2.05, 4.69) is 38.3 Å². The average Bonchev–Trinajstić information content (AvgIpc) is 2.89. The molecule has 4 heterocycles. The minimum atomic E-state index is 0.536. The second-order valence-corrected chi connectivity index (χ2v) is 5.72. The predicted octanol–water partition coefficient (Wildman–Crippen LogP) is 1.63. The molecule has 4 rings (SSSR count). The van der Waals surface area contributed by atoms with Crippen molar-refractivity contribution in [3.05, 3.63) is 18.1 Å². The highest BCUT2D eigenvalue weighted by Crippen LogP contribution is 2.38. The van der Waals surface area contributed by atoms with Gasteiger partial charge in [-0.2, -0.15) is 0 Å². The van der Waals surface area contributed by atoms with E-state index in [9.17, 15) is 0 Å². The van der Waals surface area contributed by atoms with Gasteiger partial charge in [0.15, 0.2) is 0 Å². The van der Waals surface area contributed by atoms with Crippen LogP contribution in [0.5, 0.6) is 0 Å². The summed E-state index contributed by atoms with van der Waals surface area (Å²) in [7, 11) is 0. The molecular weight excluding hydrogens is 238 g/mol. The van der Waals surface area contributed by atoms with Gasteiger partial charge < -0.3 is 15.2 Å². The SMILES string of the molecule is CC1CN([C@@H]2CCCNC2)c2ncnc3[nH]cc1c23. The fraction of sp³-hybridized carbons (Fsp3) is 0.571. The molecule has 2 aliphatic heterocycles. The summed E-state index contributed by atoms with van der Waals surface area (Å²) in [5.74, 6) is 1.65. The van der Waals surface area contributed by atoms with Crippen molar-refractivity contribution in [1.82, 2.24) is 20.3 Å². The molecule has 2 aromatic rings. The van der Waals surface area contributed by atoms with Crippen LogP contribution in [0.4, 0.5) is 5.82 Å². The van der Waals surface area contributed by atoms with E-state index in [0.29, 0.717) is 12.0 Å². The molecule has 2 aliphatic rings. The molecule has 0 radical (unpaired) electrons. The van der Waals surface area contributed by atoms with Crippen LogP contribution in [0.15, 0.2) is 12.5 Å². The molecule has 1 saturated heterocycles. The molecule has 2 N–H and O–H groups in total. The zero-order chi connectivity index (χ0) is 12.8. The Hall–Kier alpha value is -1.62. The van der Waals surface area contributed by atoms with E-state index in [1.807, 2.05) is 0 Å². The summed E-state index contributed by atoms with van der Waals surface area (Å²) in [5, 5.41) is 4.73. The highest BCUT2D eigenvalue weighted by Gasteiger charge is 2.31. The third-order valence-electron chi connectivity index (χ3n) is 4.47. The van der Waals surface area contributed by atoms with Gasteiger partial charge in [-0.05, 0) is 24.9 Å². The Kier molecular flexibility index (Phi) is 2.48. The Morgan fingerprint density at radius 3 is 3.16 bits per heavy atom. The fourth-order valence-corrected chi connectivity index (χ4v) is 3.48. The molecular formula is C14H19N5. The second kappa shape index (κ2) is 4.20. The smallest absolute Gasteiger partial charge is 0.143 e. The molecule has 0 amide bonds. The molecule has 100 valence electrons. The van der Waals surface area contributed by atoms with Gasteiger partial charge in [0.2, 0.25) is 0 Å². The highest BCUT2D eigenvalue weighted by molar-refractivity contribution is 5.92. The fourth-order valence-electron chi connectivity index (χ4n) is 3.48. The van der Waals surface area contributed by atoms with Crippen molar-refractivity contribution >= 4 is 16.9 Å². The first-order valence-electron chi connectivity index (χ1n) is 7.14. The number of anilines is 1. The molecule has 0 bridgehead atoms. The van der Waals surface area contributed by atoms with Crippen LogP contribution in [0.3, 0.4) is 0 Å². The summed E-state index contributed by atoms with van der Waals surface area (Å²) >= 11 is 0. The van der Waals surface area contributed by atoms with Crippen LogP contribution < -0.4 is 10.2 Å². The largest absolute Gasteiger partial charge is 0.351 e. The first-order chi connectivity index (χ1) is 9.34. The van der Waals surface area contributed by atoms with Crippen molar-refractivity contribution in [3.8, 4) is 0 Å². The third-order valence-corrected chi connectivity index (χ3v) is 4.47. The van der Waals surface area contributed by atoms with Gasteiger partial charge in [0.05, 0.1) is 5.39 Å². The van der Waals surface area contributed by atoms with Gasteiger partial charge >= 0.3 is 0 Å². The minimum absolute atomic E-state index is 0.536. The zero-order valence-corrected chi connectivity index (χ0v) is 11.2. The van der Waals surface area contributed by atoms with Crippen molar-refractivity contribution in [3.63, 3.8) is 0 Å². The van der Waals surface area contributed by atoms with Crippen LogP contribution >= 0.6 is 0 Å². The Morgan fingerprint density at radius 2 is 2.32 bits per heavy atom. The van der Waals surface area contributed by atoms with E-state index in [1.54, 1.807) is 6.33 Å². The van der Waals surface area contributed by atoms with Gasteiger partial charge in [0, 0.05) is 31.2 Å². The number of nitrogens with one attached hydrogen (secondary N) is 2. The summed E-state index contributed by atoms with van der Waals surface area (Å²) < 4.78 is 0. The zero-order valence-electron chi connectivity index (χ0n) is 11.2. The van der Waals surface area contributed by atoms with Crippen LogP contribution in [0.1, 0.15) is 31.2 Å². The van der Waals surface area contributed by atoms with Crippen LogP contribution in [-0.2, 0) is 0 Å². The van der Waals surface area contributed by atoms with Crippen molar-refractivity contribution < 1.29 is 0 Å². The number of aromatic nitrogens is 3. The molecule has 1 unspecified atom stereocenters. The number of nitrogens with zero attached hydrogens (tertiary/aromatic N) is 3. The lowest BCUT2D eigenvalue weighted by Crippen LogP contribution is -2.48. The van der Waals surface area contributed by atoms with E-state index in [-0.39, 0.29) is 0 Å². The van der Waals surface area contributed by atoms with Crippen molar-refractivity contribution in [2.45, 2.75) is 31.7 Å². The quantitative estimate of drug-likeness (QED) is 0.815. The van der Waals surface area contributed by atoms with Gasteiger partial charge in [-0.25, -0.2) is 9.97 Å². The number of H-pyrrole nitrogens is 1. The maximum Gasteiger partial charge on any atom is 0.143 e. The van der Waals surface area contributed by atoms with Crippen LogP contribution in [0, 0.1) is 0 Å². The maximum absolute atomic E-state index is 4.57. The first kappa shape index (κ1) is 11.2. The van der Waals surface area contributed by atoms with E-state index in [1.165, 1.54) is 23.8 Å². The molecule has 2 aromatic heterocycles. The number of hydrogen-bond acceptors (Lipinski definition) is 4. The molecule has 0 aliphatic carbocycles. The molecule has 5 heteroatoms. The van der Waals surface area contributed by atoms with Gasteiger partial charge in [0.25, 0.3) is 0 Å². The minimum Gasteiger partial charge on any atom is -0.351 e. The Bertz CT molecular complexity index is 599. The maximum atomic E-state index is 4.57. The van der Waals surface area contributed by atoms with Crippen LogP contribution in [0.25, 0.3) is 11.0 Å².